The van der Waals surface area contributed by atoms with Gasteiger partial charge in [0.05, 0.1) is 0 Å². The third-order valence-electron chi connectivity index (χ3n) is 3.05. The Bertz CT molecular complexity index is 644. The number of primary sulfonamides is 1. The van der Waals surface area contributed by atoms with E-state index in [-0.39, 0.29) is 11.5 Å². The maximum absolute atomic E-state index is 12.0. The molecule has 1 heterocycles. The molecule has 0 aliphatic rings. The number of aromatic nitrogens is 1. The predicted molar refractivity (Wildman–Crippen MR) is 74.0 cm³/mol. The summed E-state index contributed by atoms with van der Waals surface area (Å²) in [6.07, 6.45) is 1.68. The second-order valence-corrected chi connectivity index (χ2v) is 6.11. The number of hydrogen-bond acceptors (Lipinski definition) is 5. The summed E-state index contributed by atoms with van der Waals surface area (Å²) in [5, 5.41) is 15.9. The number of hydrogen-bond donors (Lipinski definition) is 3. The lowest BCUT2D eigenvalue weighted by Crippen LogP contribution is -2.45. The standard InChI is InChI=1S/C12H17N3O5S/c1-3-7(2)10(12(17)18)15-11(16)8-4-5-14-9(6-8)21(13,19)20/h4-7,10H,3H2,1-2H3,(H,15,16)(H,17,18)(H2,13,19,20)/t7-,10-/m0/s1. The van der Waals surface area contributed by atoms with Gasteiger partial charge in [-0.05, 0) is 18.1 Å². The highest BCUT2D eigenvalue weighted by Crippen LogP contribution is 2.11. The lowest BCUT2D eigenvalue weighted by molar-refractivity contribution is -0.140. The Kier molecular flexibility index (Phi) is 5.39. The Balaban J connectivity index is 3.01. The zero-order valence-electron chi connectivity index (χ0n) is 11.6. The van der Waals surface area contributed by atoms with Crippen molar-refractivity contribution in [3.8, 4) is 0 Å². The Morgan fingerprint density at radius 1 is 1.48 bits per heavy atom. The van der Waals surface area contributed by atoms with Crippen LogP contribution in [0.4, 0.5) is 0 Å². The van der Waals surface area contributed by atoms with Gasteiger partial charge in [-0.1, -0.05) is 20.3 Å². The van der Waals surface area contributed by atoms with Crippen LogP contribution in [0.2, 0.25) is 0 Å². The summed E-state index contributed by atoms with van der Waals surface area (Å²) in [4.78, 5) is 26.7. The van der Waals surface area contributed by atoms with Gasteiger partial charge in [0.15, 0.2) is 5.03 Å². The molecule has 1 rings (SSSR count). The Labute approximate surface area is 122 Å². The van der Waals surface area contributed by atoms with Crippen LogP contribution >= 0.6 is 0 Å². The molecule has 9 heteroatoms. The van der Waals surface area contributed by atoms with Crippen LogP contribution in [-0.2, 0) is 14.8 Å². The van der Waals surface area contributed by atoms with Gasteiger partial charge in [0.2, 0.25) is 0 Å². The molecule has 0 aliphatic heterocycles. The van der Waals surface area contributed by atoms with Crippen molar-refractivity contribution in [1.29, 1.82) is 0 Å². The van der Waals surface area contributed by atoms with Gasteiger partial charge in [0.1, 0.15) is 6.04 Å². The normalized spacial score (nSPS) is 14.2. The van der Waals surface area contributed by atoms with Crippen molar-refractivity contribution in [3.05, 3.63) is 23.9 Å². The van der Waals surface area contributed by atoms with E-state index in [1.807, 2.05) is 0 Å². The van der Waals surface area contributed by atoms with Crippen LogP contribution < -0.4 is 10.5 Å². The van der Waals surface area contributed by atoms with Crippen LogP contribution in [0.25, 0.3) is 0 Å². The van der Waals surface area contributed by atoms with Gasteiger partial charge in [-0.15, -0.1) is 0 Å². The fraction of sp³-hybridized carbons (Fsp3) is 0.417. The first kappa shape index (κ1) is 17.1. The molecule has 0 saturated carbocycles. The van der Waals surface area contributed by atoms with Gasteiger partial charge in [0, 0.05) is 11.8 Å². The number of carbonyl (C=O) groups excluding carboxylic acids is 1. The van der Waals surface area contributed by atoms with E-state index in [1.54, 1.807) is 13.8 Å². The first-order chi connectivity index (χ1) is 9.66. The molecule has 0 fully saturated rings. The third kappa shape index (κ3) is 4.50. The average Bonchev–Trinajstić information content (AvgIpc) is 2.42. The third-order valence-corrected chi connectivity index (χ3v) is 3.86. The van der Waals surface area contributed by atoms with E-state index in [1.165, 1.54) is 6.07 Å². The van der Waals surface area contributed by atoms with Crippen molar-refractivity contribution in [3.63, 3.8) is 0 Å². The Hall–Kier alpha value is -2.00. The van der Waals surface area contributed by atoms with Crippen molar-refractivity contribution in [2.45, 2.75) is 31.3 Å². The van der Waals surface area contributed by atoms with E-state index in [9.17, 15) is 18.0 Å². The van der Waals surface area contributed by atoms with Crippen molar-refractivity contribution in [2.24, 2.45) is 11.1 Å². The lowest BCUT2D eigenvalue weighted by atomic mass is 9.99. The van der Waals surface area contributed by atoms with Crippen molar-refractivity contribution < 1.29 is 23.1 Å². The number of carbonyl (C=O) groups is 2. The van der Waals surface area contributed by atoms with Gasteiger partial charge in [-0.2, -0.15) is 0 Å². The van der Waals surface area contributed by atoms with Crippen LogP contribution in [0.1, 0.15) is 30.6 Å². The van der Waals surface area contributed by atoms with Crippen molar-refractivity contribution in [1.82, 2.24) is 10.3 Å². The largest absolute Gasteiger partial charge is 0.480 e. The second-order valence-electron chi connectivity index (χ2n) is 4.60. The highest BCUT2D eigenvalue weighted by molar-refractivity contribution is 7.89. The number of carboxylic acids is 1. The summed E-state index contributed by atoms with van der Waals surface area (Å²) in [5.41, 5.74) is -0.0245. The molecule has 0 bridgehead atoms. The fourth-order valence-electron chi connectivity index (χ4n) is 1.61. The summed E-state index contributed by atoms with van der Waals surface area (Å²) >= 11 is 0. The molecule has 0 aromatic carbocycles. The molecule has 0 radical (unpaired) electrons. The first-order valence-electron chi connectivity index (χ1n) is 6.19. The molecule has 1 amide bonds. The molecule has 2 atom stereocenters. The second kappa shape index (κ2) is 6.64. The highest BCUT2D eigenvalue weighted by atomic mass is 32.2. The minimum atomic E-state index is -4.03. The Morgan fingerprint density at radius 3 is 2.57 bits per heavy atom. The Morgan fingerprint density at radius 2 is 2.10 bits per heavy atom. The fourth-order valence-corrected chi connectivity index (χ4v) is 2.11. The average molecular weight is 315 g/mol. The van der Waals surface area contributed by atoms with Crippen LogP contribution in [0.15, 0.2) is 23.4 Å². The maximum Gasteiger partial charge on any atom is 0.326 e. The SMILES string of the molecule is CC[C@H](C)[C@H](NC(=O)c1ccnc(S(N)(=O)=O)c1)C(=O)O. The number of nitrogens with zero attached hydrogens (tertiary/aromatic N) is 1. The number of rotatable bonds is 6. The molecule has 0 saturated heterocycles. The van der Waals surface area contributed by atoms with Gasteiger partial charge >= 0.3 is 5.97 Å². The summed E-state index contributed by atoms with van der Waals surface area (Å²) in [6, 6.07) is 1.22. The number of nitrogens with one attached hydrogen (secondary N) is 1. The summed E-state index contributed by atoms with van der Waals surface area (Å²) < 4.78 is 22.4. The van der Waals surface area contributed by atoms with Gasteiger partial charge in [-0.25, -0.2) is 23.3 Å². The number of amides is 1. The molecule has 0 spiro atoms. The van der Waals surface area contributed by atoms with Gasteiger partial charge in [-0.3, -0.25) is 4.79 Å². The molecule has 8 nitrogen and oxygen atoms in total. The zero-order valence-corrected chi connectivity index (χ0v) is 12.4. The van der Waals surface area contributed by atoms with E-state index in [4.69, 9.17) is 10.2 Å². The molecule has 0 aliphatic carbocycles. The molecule has 4 N–H and O–H groups in total. The van der Waals surface area contributed by atoms with Gasteiger partial charge < -0.3 is 10.4 Å². The van der Waals surface area contributed by atoms with Crippen molar-refractivity contribution >= 4 is 21.9 Å². The van der Waals surface area contributed by atoms with Crippen LogP contribution in [0.3, 0.4) is 0 Å². The predicted octanol–water partition coefficient (Wildman–Crippen LogP) is -0.0419. The number of carboxylic acid groups (broad SMARTS) is 1. The number of sulfonamides is 1. The quantitative estimate of drug-likeness (QED) is 0.673. The minimum absolute atomic E-state index is 0.0245. The molecule has 0 unspecified atom stereocenters. The first-order valence-corrected chi connectivity index (χ1v) is 7.74. The molecule has 1 aromatic heterocycles. The molecule has 21 heavy (non-hydrogen) atoms. The molecule has 116 valence electrons. The minimum Gasteiger partial charge on any atom is -0.480 e. The van der Waals surface area contributed by atoms with Gasteiger partial charge in [0.25, 0.3) is 15.9 Å². The summed E-state index contributed by atoms with van der Waals surface area (Å²) in [7, 11) is -4.03. The molecule has 1 aromatic rings. The number of aliphatic carboxylic acids is 1. The van der Waals surface area contributed by atoms with E-state index >= 15 is 0 Å². The summed E-state index contributed by atoms with van der Waals surface area (Å²) in [5.74, 6) is -2.13. The van der Waals surface area contributed by atoms with Crippen LogP contribution in [-0.4, -0.2) is 36.4 Å². The zero-order chi connectivity index (χ0) is 16.2. The number of pyridine rings is 1. The van der Waals surface area contributed by atoms with E-state index in [0.717, 1.165) is 12.3 Å². The lowest BCUT2D eigenvalue weighted by Gasteiger charge is -2.20. The molecular formula is C12H17N3O5S. The maximum atomic E-state index is 12.0. The van der Waals surface area contributed by atoms with E-state index in [2.05, 4.69) is 10.3 Å². The van der Waals surface area contributed by atoms with Crippen molar-refractivity contribution in [2.75, 3.05) is 0 Å². The highest BCUT2D eigenvalue weighted by Gasteiger charge is 2.26. The van der Waals surface area contributed by atoms with Crippen LogP contribution in [0, 0.1) is 5.92 Å². The van der Waals surface area contributed by atoms with Crippen LogP contribution in [0.5, 0.6) is 0 Å². The monoisotopic (exact) mass is 315 g/mol. The number of nitrogens with two attached hydrogens (primary N) is 1. The molecular weight excluding hydrogens is 298 g/mol. The van der Waals surface area contributed by atoms with E-state index < -0.39 is 33.0 Å². The topological polar surface area (TPSA) is 139 Å². The van der Waals surface area contributed by atoms with E-state index in [0.29, 0.717) is 6.42 Å². The summed E-state index contributed by atoms with van der Waals surface area (Å²) in [6.45, 7) is 3.50. The smallest absolute Gasteiger partial charge is 0.326 e.